The Balaban J connectivity index is 2.63. The average Bonchev–Trinajstić information content (AvgIpc) is 2.71. The smallest absolute Gasteiger partial charge is 0.0117 e. The van der Waals surface area contributed by atoms with Crippen molar-refractivity contribution in [1.29, 1.82) is 0 Å². The molecule has 0 aromatic rings. The van der Waals surface area contributed by atoms with Crippen molar-refractivity contribution < 1.29 is 0 Å². The van der Waals surface area contributed by atoms with Crippen molar-refractivity contribution >= 4 is 0 Å². The zero-order chi connectivity index (χ0) is 24.2. The SMILES string of the molecule is C#CC[C@@H](CC(C)CCC[C@H](CCCCNC)C(C)(C)CCC)C1C[C@H](C)CCC1(C)C. The van der Waals surface area contributed by atoms with Gasteiger partial charge in [-0.3, -0.25) is 0 Å². The van der Waals surface area contributed by atoms with Gasteiger partial charge in [0.2, 0.25) is 0 Å². The number of hydrogen-bond donors (Lipinski definition) is 1. The van der Waals surface area contributed by atoms with E-state index >= 15 is 0 Å². The van der Waals surface area contributed by atoms with E-state index in [2.05, 4.69) is 66.8 Å². The van der Waals surface area contributed by atoms with Crippen LogP contribution in [0.2, 0.25) is 0 Å². The van der Waals surface area contributed by atoms with Crippen LogP contribution in [-0.4, -0.2) is 13.6 Å². The van der Waals surface area contributed by atoms with Crippen molar-refractivity contribution in [2.24, 2.45) is 40.4 Å². The summed E-state index contributed by atoms with van der Waals surface area (Å²) in [7, 11) is 2.07. The molecule has 5 atom stereocenters. The maximum absolute atomic E-state index is 5.86. The van der Waals surface area contributed by atoms with Crippen LogP contribution in [0.15, 0.2) is 0 Å². The lowest BCUT2D eigenvalue weighted by molar-refractivity contribution is 0.0462. The van der Waals surface area contributed by atoms with Crippen molar-refractivity contribution in [3.8, 4) is 12.3 Å². The molecule has 0 aromatic carbocycles. The summed E-state index contributed by atoms with van der Waals surface area (Å²) in [6.07, 6.45) is 23.2. The Labute approximate surface area is 203 Å². The Morgan fingerprint density at radius 2 is 1.81 bits per heavy atom. The number of nitrogens with one attached hydrogen (secondary N) is 1. The largest absolute Gasteiger partial charge is 0.320 e. The monoisotopic (exact) mass is 445 g/mol. The van der Waals surface area contributed by atoms with E-state index in [-0.39, 0.29) is 0 Å². The van der Waals surface area contributed by atoms with Crippen LogP contribution in [-0.2, 0) is 0 Å². The lowest BCUT2D eigenvalue weighted by Gasteiger charge is -2.46. The Morgan fingerprint density at radius 1 is 1.12 bits per heavy atom. The predicted octanol–water partition coefficient (Wildman–Crippen LogP) is 9.12. The molecule has 0 amide bonds. The van der Waals surface area contributed by atoms with Gasteiger partial charge in [-0.1, -0.05) is 80.6 Å². The van der Waals surface area contributed by atoms with Gasteiger partial charge in [-0.05, 0) is 99.0 Å². The zero-order valence-corrected chi connectivity index (χ0v) is 23.4. The summed E-state index contributed by atoms with van der Waals surface area (Å²) in [4.78, 5) is 0. The molecule has 32 heavy (non-hydrogen) atoms. The second kappa shape index (κ2) is 14.7. The van der Waals surface area contributed by atoms with E-state index in [1.165, 1.54) is 77.0 Å². The fraction of sp³-hybridized carbons (Fsp3) is 0.935. The molecule has 2 unspecified atom stereocenters. The van der Waals surface area contributed by atoms with E-state index in [1.807, 2.05) is 0 Å². The van der Waals surface area contributed by atoms with E-state index in [9.17, 15) is 0 Å². The number of rotatable bonds is 16. The highest BCUT2D eigenvalue weighted by atomic mass is 14.8. The van der Waals surface area contributed by atoms with Crippen LogP contribution in [0.25, 0.3) is 0 Å². The molecule has 0 aliphatic heterocycles. The zero-order valence-electron chi connectivity index (χ0n) is 23.4. The van der Waals surface area contributed by atoms with E-state index in [1.54, 1.807) is 0 Å². The molecule has 1 nitrogen and oxygen atoms in total. The summed E-state index contributed by atoms with van der Waals surface area (Å²) >= 11 is 0. The standard InChI is InChI=1S/C31H59N/c1-10-15-27(29-24-26(4)19-21-31(29,7)8)23-25(3)16-14-18-28(17-12-13-22-32-9)30(5,6)20-11-2/h1,25-29,32H,11-24H2,2-9H3/t25?,26-,27+,28+,29?/m1/s1. The van der Waals surface area contributed by atoms with Crippen LogP contribution >= 0.6 is 0 Å². The molecule has 1 aliphatic carbocycles. The molecular formula is C31H59N. The molecule has 1 saturated carbocycles. The Bertz CT molecular complexity index is 525. The van der Waals surface area contributed by atoms with Crippen molar-refractivity contribution in [2.75, 3.05) is 13.6 Å². The first kappa shape index (κ1) is 29.6. The molecule has 0 saturated heterocycles. The van der Waals surface area contributed by atoms with E-state index < -0.39 is 0 Å². The van der Waals surface area contributed by atoms with E-state index in [0.717, 1.165) is 36.6 Å². The van der Waals surface area contributed by atoms with Crippen molar-refractivity contribution in [2.45, 2.75) is 132 Å². The van der Waals surface area contributed by atoms with Gasteiger partial charge in [-0.2, -0.15) is 0 Å². The van der Waals surface area contributed by atoms with Gasteiger partial charge >= 0.3 is 0 Å². The lowest BCUT2D eigenvalue weighted by atomic mass is 9.59. The molecule has 0 spiro atoms. The van der Waals surface area contributed by atoms with Crippen LogP contribution in [0.5, 0.6) is 0 Å². The quantitative estimate of drug-likeness (QED) is 0.184. The fourth-order valence-corrected chi connectivity index (χ4v) is 6.86. The summed E-state index contributed by atoms with van der Waals surface area (Å²) < 4.78 is 0. The summed E-state index contributed by atoms with van der Waals surface area (Å²) in [5.74, 6) is 7.10. The minimum absolute atomic E-state index is 0.455. The Hall–Kier alpha value is -0.480. The third-order valence-corrected chi connectivity index (χ3v) is 9.07. The topological polar surface area (TPSA) is 12.0 Å². The van der Waals surface area contributed by atoms with E-state index in [4.69, 9.17) is 6.42 Å². The second-order valence-corrected chi connectivity index (χ2v) is 12.9. The van der Waals surface area contributed by atoms with Gasteiger partial charge in [0.05, 0.1) is 0 Å². The van der Waals surface area contributed by atoms with E-state index in [0.29, 0.717) is 16.7 Å². The van der Waals surface area contributed by atoms with Gasteiger partial charge in [0.15, 0.2) is 0 Å². The third-order valence-electron chi connectivity index (χ3n) is 9.07. The molecule has 1 rings (SSSR count). The van der Waals surface area contributed by atoms with Crippen LogP contribution in [0.1, 0.15) is 132 Å². The Kier molecular flexibility index (Phi) is 13.6. The molecule has 1 N–H and O–H groups in total. The van der Waals surface area contributed by atoms with Gasteiger partial charge in [0, 0.05) is 6.42 Å². The number of unbranched alkanes of at least 4 members (excludes halogenated alkanes) is 1. The molecule has 1 fully saturated rings. The van der Waals surface area contributed by atoms with Gasteiger partial charge in [0.1, 0.15) is 0 Å². The van der Waals surface area contributed by atoms with Crippen molar-refractivity contribution in [1.82, 2.24) is 5.32 Å². The first-order chi connectivity index (χ1) is 15.1. The molecular weight excluding hydrogens is 386 g/mol. The van der Waals surface area contributed by atoms with Crippen LogP contribution < -0.4 is 5.32 Å². The van der Waals surface area contributed by atoms with Crippen LogP contribution in [0.4, 0.5) is 0 Å². The highest BCUT2D eigenvalue weighted by Gasteiger charge is 2.39. The molecule has 0 aromatic heterocycles. The summed E-state index contributed by atoms with van der Waals surface area (Å²) in [5, 5.41) is 3.31. The van der Waals surface area contributed by atoms with Crippen LogP contribution in [0.3, 0.4) is 0 Å². The second-order valence-electron chi connectivity index (χ2n) is 12.9. The highest BCUT2D eigenvalue weighted by molar-refractivity contribution is 4.95. The van der Waals surface area contributed by atoms with Gasteiger partial charge in [-0.15, -0.1) is 12.3 Å². The summed E-state index contributed by atoms with van der Waals surface area (Å²) in [6.45, 7) is 18.5. The first-order valence-electron chi connectivity index (χ1n) is 14.1. The number of terminal acetylenes is 1. The van der Waals surface area contributed by atoms with Gasteiger partial charge < -0.3 is 5.32 Å². The van der Waals surface area contributed by atoms with Crippen molar-refractivity contribution in [3.63, 3.8) is 0 Å². The minimum atomic E-state index is 0.455. The summed E-state index contributed by atoms with van der Waals surface area (Å²) in [5.41, 5.74) is 0.933. The molecule has 1 aliphatic rings. The summed E-state index contributed by atoms with van der Waals surface area (Å²) in [6, 6.07) is 0. The third kappa shape index (κ3) is 10.2. The maximum Gasteiger partial charge on any atom is 0.0117 e. The Morgan fingerprint density at radius 3 is 2.44 bits per heavy atom. The average molecular weight is 446 g/mol. The highest BCUT2D eigenvalue weighted by Crippen LogP contribution is 2.49. The molecule has 0 heterocycles. The number of hydrogen-bond acceptors (Lipinski definition) is 1. The maximum atomic E-state index is 5.86. The molecule has 0 bridgehead atoms. The van der Waals surface area contributed by atoms with Gasteiger partial charge in [0.25, 0.3) is 0 Å². The van der Waals surface area contributed by atoms with Crippen LogP contribution in [0, 0.1) is 52.8 Å². The normalized spacial score (nSPS) is 24.0. The molecule has 188 valence electrons. The molecule has 1 heteroatoms. The lowest BCUT2D eigenvalue weighted by Crippen LogP contribution is -2.36. The van der Waals surface area contributed by atoms with Gasteiger partial charge in [-0.25, -0.2) is 0 Å². The molecule has 0 radical (unpaired) electrons. The first-order valence-corrected chi connectivity index (χ1v) is 14.1. The minimum Gasteiger partial charge on any atom is -0.320 e. The predicted molar refractivity (Wildman–Crippen MR) is 145 cm³/mol. The van der Waals surface area contributed by atoms with Crippen molar-refractivity contribution in [3.05, 3.63) is 0 Å². The fourth-order valence-electron chi connectivity index (χ4n) is 6.86.